The number of aryl methyl sites for hydroxylation is 1. The molecule has 1 aromatic rings. The van der Waals surface area contributed by atoms with E-state index in [1.165, 1.54) is 5.56 Å². The predicted octanol–water partition coefficient (Wildman–Crippen LogP) is 1.43. The molecule has 1 fully saturated rings. The van der Waals surface area contributed by atoms with Crippen molar-refractivity contribution < 1.29 is 9.00 Å². The van der Waals surface area contributed by atoms with Crippen molar-refractivity contribution in [1.29, 1.82) is 0 Å². The molecule has 0 bridgehead atoms. The maximum absolute atomic E-state index is 11.8. The summed E-state index contributed by atoms with van der Waals surface area (Å²) in [6.07, 6.45) is 1.79. The molecule has 1 aliphatic heterocycles. The van der Waals surface area contributed by atoms with Gasteiger partial charge in [-0.2, -0.15) is 0 Å². The SMILES string of the molecule is Cc1ccc(NC(=O)CNC2CCS(=O)CC2)cc1. The molecule has 0 radical (unpaired) electrons. The van der Waals surface area contributed by atoms with E-state index in [2.05, 4.69) is 10.6 Å². The first-order valence-corrected chi connectivity index (χ1v) is 8.07. The Morgan fingerprint density at radius 2 is 1.89 bits per heavy atom. The maximum Gasteiger partial charge on any atom is 0.238 e. The summed E-state index contributed by atoms with van der Waals surface area (Å²) < 4.78 is 11.2. The number of benzene rings is 1. The lowest BCUT2D eigenvalue weighted by Gasteiger charge is -2.22. The number of amides is 1. The molecule has 1 heterocycles. The van der Waals surface area contributed by atoms with Gasteiger partial charge in [0, 0.05) is 34.0 Å². The fraction of sp³-hybridized carbons (Fsp3) is 0.500. The van der Waals surface area contributed by atoms with E-state index in [9.17, 15) is 9.00 Å². The van der Waals surface area contributed by atoms with Gasteiger partial charge in [0.25, 0.3) is 0 Å². The summed E-state index contributed by atoms with van der Waals surface area (Å²) in [5.41, 5.74) is 1.99. The van der Waals surface area contributed by atoms with E-state index in [1.54, 1.807) is 0 Å². The third-order valence-electron chi connectivity index (χ3n) is 3.27. The van der Waals surface area contributed by atoms with Gasteiger partial charge in [0.2, 0.25) is 5.91 Å². The molecular weight excluding hydrogens is 260 g/mol. The Morgan fingerprint density at radius 1 is 1.26 bits per heavy atom. The van der Waals surface area contributed by atoms with Crippen LogP contribution < -0.4 is 10.6 Å². The van der Waals surface area contributed by atoms with Crippen molar-refractivity contribution >= 4 is 22.4 Å². The third kappa shape index (κ3) is 4.76. The quantitative estimate of drug-likeness (QED) is 0.877. The van der Waals surface area contributed by atoms with Gasteiger partial charge in [-0.05, 0) is 31.9 Å². The largest absolute Gasteiger partial charge is 0.325 e. The molecule has 0 spiro atoms. The first kappa shape index (κ1) is 14.2. The highest BCUT2D eigenvalue weighted by atomic mass is 32.2. The number of hydrogen-bond donors (Lipinski definition) is 2. The summed E-state index contributed by atoms with van der Waals surface area (Å²) in [7, 11) is -0.650. The molecule has 1 aromatic carbocycles. The lowest BCUT2D eigenvalue weighted by molar-refractivity contribution is -0.115. The number of rotatable bonds is 4. The highest BCUT2D eigenvalue weighted by Gasteiger charge is 2.17. The minimum Gasteiger partial charge on any atom is -0.325 e. The molecule has 4 nitrogen and oxygen atoms in total. The molecule has 1 aliphatic rings. The van der Waals surface area contributed by atoms with Gasteiger partial charge in [-0.3, -0.25) is 9.00 Å². The first-order chi connectivity index (χ1) is 9.13. The second-order valence-electron chi connectivity index (χ2n) is 4.92. The fourth-order valence-electron chi connectivity index (χ4n) is 2.08. The Kier molecular flexibility index (Phi) is 5.10. The van der Waals surface area contributed by atoms with Crippen LogP contribution >= 0.6 is 0 Å². The summed E-state index contributed by atoms with van der Waals surface area (Å²) >= 11 is 0. The zero-order chi connectivity index (χ0) is 13.7. The molecule has 2 N–H and O–H groups in total. The van der Waals surface area contributed by atoms with Crippen molar-refractivity contribution in [2.45, 2.75) is 25.8 Å². The van der Waals surface area contributed by atoms with Gasteiger partial charge in [-0.15, -0.1) is 0 Å². The molecule has 2 rings (SSSR count). The van der Waals surface area contributed by atoms with Crippen LogP contribution in [-0.4, -0.2) is 34.2 Å². The summed E-state index contributed by atoms with van der Waals surface area (Å²) in [6, 6.07) is 8.06. The number of carbonyl (C=O) groups excluding carboxylic acids is 1. The van der Waals surface area contributed by atoms with Crippen LogP contribution in [0.4, 0.5) is 5.69 Å². The summed E-state index contributed by atoms with van der Waals surface area (Å²) in [6.45, 7) is 2.32. The van der Waals surface area contributed by atoms with Crippen LogP contribution in [-0.2, 0) is 15.6 Å². The topological polar surface area (TPSA) is 58.2 Å². The molecule has 1 saturated heterocycles. The normalized spacial score (nSPS) is 23.0. The van der Waals surface area contributed by atoms with Crippen LogP contribution in [0.1, 0.15) is 18.4 Å². The number of nitrogens with one attached hydrogen (secondary N) is 2. The van der Waals surface area contributed by atoms with Crippen LogP contribution in [0.5, 0.6) is 0 Å². The van der Waals surface area contributed by atoms with Gasteiger partial charge in [-0.25, -0.2) is 0 Å². The maximum atomic E-state index is 11.8. The average molecular weight is 280 g/mol. The van der Waals surface area contributed by atoms with Crippen LogP contribution in [0.2, 0.25) is 0 Å². The summed E-state index contributed by atoms with van der Waals surface area (Å²) in [4.78, 5) is 11.8. The zero-order valence-electron chi connectivity index (χ0n) is 11.1. The Labute approximate surface area is 116 Å². The van der Waals surface area contributed by atoms with Crippen LogP contribution in [0.3, 0.4) is 0 Å². The lowest BCUT2D eigenvalue weighted by Crippen LogP contribution is -2.40. The minimum atomic E-state index is -0.650. The van der Waals surface area contributed by atoms with E-state index < -0.39 is 10.8 Å². The van der Waals surface area contributed by atoms with Gasteiger partial charge in [0.05, 0.1) is 6.54 Å². The standard InChI is InChI=1S/C14H20N2O2S/c1-11-2-4-13(5-3-11)16-14(17)10-15-12-6-8-19(18)9-7-12/h2-5,12,15H,6-10H2,1H3,(H,16,17). The molecule has 0 saturated carbocycles. The van der Waals surface area contributed by atoms with Crippen molar-refractivity contribution in [3.63, 3.8) is 0 Å². The van der Waals surface area contributed by atoms with Crippen LogP contribution in [0.15, 0.2) is 24.3 Å². The summed E-state index contributed by atoms with van der Waals surface area (Å²) in [5, 5.41) is 6.08. The molecule has 19 heavy (non-hydrogen) atoms. The van der Waals surface area contributed by atoms with E-state index >= 15 is 0 Å². The number of anilines is 1. The van der Waals surface area contributed by atoms with Crippen molar-refractivity contribution in [1.82, 2.24) is 5.32 Å². The summed E-state index contributed by atoms with van der Waals surface area (Å²) in [5.74, 6) is 1.46. The van der Waals surface area contributed by atoms with Gasteiger partial charge in [-0.1, -0.05) is 17.7 Å². The Bertz CT molecular complexity index is 449. The van der Waals surface area contributed by atoms with Crippen molar-refractivity contribution in [3.05, 3.63) is 29.8 Å². The molecular formula is C14H20N2O2S. The molecule has 5 heteroatoms. The van der Waals surface area contributed by atoms with Crippen molar-refractivity contribution in [2.24, 2.45) is 0 Å². The Balaban J connectivity index is 1.72. The van der Waals surface area contributed by atoms with Crippen molar-refractivity contribution in [3.8, 4) is 0 Å². The van der Waals surface area contributed by atoms with Crippen LogP contribution in [0.25, 0.3) is 0 Å². The van der Waals surface area contributed by atoms with E-state index in [-0.39, 0.29) is 5.91 Å². The number of hydrogen-bond acceptors (Lipinski definition) is 3. The highest BCUT2D eigenvalue weighted by molar-refractivity contribution is 7.85. The molecule has 0 aromatic heterocycles. The smallest absolute Gasteiger partial charge is 0.238 e. The van der Waals surface area contributed by atoms with E-state index in [0.717, 1.165) is 30.0 Å². The minimum absolute atomic E-state index is 0.0319. The monoisotopic (exact) mass is 280 g/mol. The van der Waals surface area contributed by atoms with Crippen LogP contribution in [0, 0.1) is 6.92 Å². The van der Waals surface area contributed by atoms with E-state index in [0.29, 0.717) is 12.6 Å². The fourth-order valence-corrected chi connectivity index (χ4v) is 3.38. The first-order valence-electron chi connectivity index (χ1n) is 6.58. The van der Waals surface area contributed by atoms with Crippen molar-refractivity contribution in [2.75, 3.05) is 23.4 Å². The molecule has 0 atom stereocenters. The molecule has 0 aliphatic carbocycles. The molecule has 1 amide bonds. The third-order valence-corrected chi connectivity index (χ3v) is 4.66. The van der Waals surface area contributed by atoms with Gasteiger partial charge in [0.15, 0.2) is 0 Å². The van der Waals surface area contributed by atoms with Gasteiger partial charge >= 0.3 is 0 Å². The lowest BCUT2D eigenvalue weighted by atomic mass is 10.1. The average Bonchev–Trinajstić information content (AvgIpc) is 2.41. The van der Waals surface area contributed by atoms with Gasteiger partial charge in [0.1, 0.15) is 0 Å². The molecule has 104 valence electrons. The second-order valence-corrected chi connectivity index (χ2v) is 6.61. The Morgan fingerprint density at radius 3 is 2.53 bits per heavy atom. The van der Waals surface area contributed by atoms with E-state index in [4.69, 9.17) is 0 Å². The number of carbonyl (C=O) groups is 1. The molecule has 0 unspecified atom stereocenters. The van der Waals surface area contributed by atoms with Gasteiger partial charge < -0.3 is 10.6 Å². The second kappa shape index (κ2) is 6.82. The Hall–Kier alpha value is -1.20. The van der Waals surface area contributed by atoms with E-state index in [1.807, 2.05) is 31.2 Å². The zero-order valence-corrected chi connectivity index (χ0v) is 12.0. The highest BCUT2D eigenvalue weighted by Crippen LogP contribution is 2.10. The predicted molar refractivity (Wildman–Crippen MR) is 78.7 cm³/mol.